The van der Waals surface area contributed by atoms with Crippen LogP contribution in [0.15, 0.2) is 24.3 Å². The molecule has 2 atom stereocenters. The van der Waals surface area contributed by atoms with Crippen LogP contribution in [0.3, 0.4) is 0 Å². The number of carbonyl (C=O) groups is 1. The van der Waals surface area contributed by atoms with Crippen LogP contribution in [0.2, 0.25) is 0 Å². The molecule has 1 N–H and O–H groups in total. The second-order valence-corrected chi connectivity index (χ2v) is 7.01. The van der Waals surface area contributed by atoms with E-state index in [-0.39, 0.29) is 11.9 Å². The summed E-state index contributed by atoms with van der Waals surface area (Å²) < 4.78 is 10.5. The normalized spacial score (nSPS) is 24.1. The van der Waals surface area contributed by atoms with Gasteiger partial charge >= 0.3 is 0 Å². The van der Waals surface area contributed by atoms with Crippen molar-refractivity contribution in [2.75, 3.05) is 46.5 Å². The number of methoxy groups -OCH3 is 1. The molecule has 1 aromatic rings. The van der Waals surface area contributed by atoms with Crippen LogP contribution >= 0.6 is 0 Å². The summed E-state index contributed by atoms with van der Waals surface area (Å²) in [4.78, 5) is 16.8. The van der Waals surface area contributed by atoms with E-state index in [1.54, 1.807) is 14.0 Å². The number of morpholine rings is 1. The summed E-state index contributed by atoms with van der Waals surface area (Å²) >= 11 is 0. The van der Waals surface area contributed by atoms with Crippen molar-refractivity contribution in [1.82, 2.24) is 9.80 Å². The van der Waals surface area contributed by atoms with Gasteiger partial charge in [-0.25, -0.2) is 0 Å². The van der Waals surface area contributed by atoms with Gasteiger partial charge in [-0.1, -0.05) is 12.1 Å². The molecule has 1 aromatic carbocycles. The minimum absolute atomic E-state index is 0.0955. The van der Waals surface area contributed by atoms with Crippen molar-refractivity contribution >= 4 is 5.91 Å². The third-order valence-electron chi connectivity index (χ3n) is 5.36. The molecule has 1 amide bonds. The van der Waals surface area contributed by atoms with Crippen molar-refractivity contribution in [3.8, 4) is 5.75 Å². The molecule has 0 aliphatic carbocycles. The van der Waals surface area contributed by atoms with Crippen LogP contribution in [-0.2, 0) is 15.1 Å². The highest BCUT2D eigenvalue weighted by Crippen LogP contribution is 2.35. The molecule has 2 aliphatic rings. The van der Waals surface area contributed by atoms with Gasteiger partial charge in [0, 0.05) is 19.6 Å². The molecule has 0 unspecified atom stereocenters. The Morgan fingerprint density at radius 3 is 2.60 bits per heavy atom. The van der Waals surface area contributed by atoms with Crippen LogP contribution in [0.4, 0.5) is 0 Å². The minimum atomic E-state index is -1.08. The molecule has 2 aliphatic heterocycles. The number of carbonyl (C=O) groups excluding carboxylic acids is 1. The second-order valence-electron chi connectivity index (χ2n) is 7.01. The average molecular weight is 348 g/mol. The zero-order valence-corrected chi connectivity index (χ0v) is 15.1. The van der Waals surface area contributed by atoms with E-state index in [0.29, 0.717) is 26.3 Å². The van der Waals surface area contributed by atoms with Crippen LogP contribution in [0.1, 0.15) is 25.3 Å². The monoisotopic (exact) mass is 348 g/mol. The topological polar surface area (TPSA) is 62.2 Å². The van der Waals surface area contributed by atoms with Crippen molar-refractivity contribution in [3.63, 3.8) is 0 Å². The lowest BCUT2D eigenvalue weighted by Gasteiger charge is -2.38. The first-order valence-electron chi connectivity index (χ1n) is 8.99. The number of hydrogen-bond acceptors (Lipinski definition) is 5. The zero-order chi connectivity index (χ0) is 17.9. The fraction of sp³-hybridized carbons (Fsp3) is 0.632. The van der Waals surface area contributed by atoms with E-state index in [0.717, 1.165) is 37.2 Å². The highest BCUT2D eigenvalue weighted by atomic mass is 16.5. The largest absolute Gasteiger partial charge is 0.497 e. The maximum absolute atomic E-state index is 12.8. The first-order chi connectivity index (χ1) is 12.0. The summed E-state index contributed by atoms with van der Waals surface area (Å²) in [6.45, 7) is 5.86. The number of amides is 1. The third-order valence-corrected chi connectivity index (χ3v) is 5.36. The smallest absolute Gasteiger partial charge is 0.237 e. The Morgan fingerprint density at radius 2 is 1.96 bits per heavy atom. The minimum Gasteiger partial charge on any atom is -0.497 e. The van der Waals surface area contributed by atoms with E-state index in [4.69, 9.17) is 9.47 Å². The van der Waals surface area contributed by atoms with Crippen molar-refractivity contribution in [2.24, 2.45) is 0 Å². The number of aliphatic hydroxyl groups is 1. The van der Waals surface area contributed by atoms with Crippen LogP contribution in [0.25, 0.3) is 0 Å². The van der Waals surface area contributed by atoms with Crippen molar-refractivity contribution in [1.29, 1.82) is 0 Å². The predicted octanol–water partition coefficient (Wildman–Crippen LogP) is 1.23. The van der Waals surface area contributed by atoms with E-state index in [2.05, 4.69) is 4.90 Å². The Morgan fingerprint density at radius 1 is 1.28 bits per heavy atom. The lowest BCUT2D eigenvalue weighted by atomic mass is 9.86. The van der Waals surface area contributed by atoms with Gasteiger partial charge in [-0.15, -0.1) is 0 Å². The maximum atomic E-state index is 12.8. The van der Waals surface area contributed by atoms with Crippen LogP contribution < -0.4 is 4.74 Å². The number of benzene rings is 1. The molecule has 138 valence electrons. The van der Waals surface area contributed by atoms with Gasteiger partial charge in [0.2, 0.25) is 5.91 Å². The van der Waals surface area contributed by atoms with E-state index in [9.17, 15) is 9.90 Å². The van der Waals surface area contributed by atoms with E-state index in [1.807, 2.05) is 29.2 Å². The van der Waals surface area contributed by atoms with Crippen molar-refractivity contribution < 1.29 is 19.4 Å². The summed E-state index contributed by atoms with van der Waals surface area (Å²) in [5, 5.41) is 11.2. The van der Waals surface area contributed by atoms with Gasteiger partial charge in [0.25, 0.3) is 0 Å². The molecule has 0 saturated carbocycles. The summed E-state index contributed by atoms with van der Waals surface area (Å²) in [5.74, 6) is 0.851. The molecule has 25 heavy (non-hydrogen) atoms. The molecule has 6 heteroatoms. The average Bonchev–Trinajstić information content (AvgIpc) is 3.13. The van der Waals surface area contributed by atoms with Gasteiger partial charge in [0.1, 0.15) is 11.4 Å². The second kappa shape index (κ2) is 7.72. The number of ether oxygens (including phenoxy) is 2. The molecule has 0 bridgehead atoms. The lowest BCUT2D eigenvalue weighted by molar-refractivity contribution is -0.139. The third kappa shape index (κ3) is 3.97. The Labute approximate surface area is 149 Å². The van der Waals surface area contributed by atoms with Gasteiger partial charge < -0.3 is 19.5 Å². The maximum Gasteiger partial charge on any atom is 0.237 e. The van der Waals surface area contributed by atoms with E-state index in [1.165, 1.54) is 0 Å². The molecule has 0 aromatic heterocycles. The van der Waals surface area contributed by atoms with Crippen LogP contribution in [-0.4, -0.2) is 73.4 Å². The molecule has 6 nitrogen and oxygen atoms in total. The highest BCUT2D eigenvalue weighted by molar-refractivity contribution is 5.79. The van der Waals surface area contributed by atoms with E-state index >= 15 is 0 Å². The van der Waals surface area contributed by atoms with Gasteiger partial charge in [-0.05, 0) is 37.5 Å². The van der Waals surface area contributed by atoms with Crippen molar-refractivity contribution in [2.45, 2.75) is 31.4 Å². The van der Waals surface area contributed by atoms with Crippen LogP contribution in [0.5, 0.6) is 5.75 Å². The Bertz CT molecular complexity index is 582. The first kappa shape index (κ1) is 18.2. The standard InChI is InChI=1S/C19H28N2O4/c1-19(23,15-5-7-16(24-2)8-6-15)17-4-3-9-21(17)18(22)14-20-10-12-25-13-11-20/h5-8,17,23H,3-4,9-14H2,1-2H3/t17-,19-/m1/s1. The quantitative estimate of drug-likeness (QED) is 0.867. The van der Waals surface area contributed by atoms with E-state index < -0.39 is 5.60 Å². The predicted molar refractivity (Wildman–Crippen MR) is 94.6 cm³/mol. The molecular weight excluding hydrogens is 320 g/mol. The Hall–Kier alpha value is -1.63. The SMILES string of the molecule is COc1ccc([C@@](C)(O)[C@H]2CCCN2C(=O)CN2CCOCC2)cc1. The highest BCUT2D eigenvalue weighted by Gasteiger charge is 2.42. The Balaban J connectivity index is 1.71. The molecule has 0 radical (unpaired) electrons. The molecule has 2 saturated heterocycles. The summed E-state index contributed by atoms with van der Waals surface area (Å²) in [6.07, 6.45) is 1.74. The van der Waals surface area contributed by atoms with Gasteiger partial charge in [-0.3, -0.25) is 9.69 Å². The summed E-state index contributed by atoms with van der Waals surface area (Å²) in [7, 11) is 1.62. The Kier molecular flexibility index (Phi) is 5.61. The lowest BCUT2D eigenvalue weighted by Crippen LogP contribution is -2.51. The van der Waals surface area contributed by atoms with Crippen molar-refractivity contribution in [3.05, 3.63) is 29.8 Å². The summed E-state index contributed by atoms with van der Waals surface area (Å²) in [6, 6.07) is 7.25. The number of likely N-dealkylation sites (tertiary alicyclic amines) is 1. The fourth-order valence-corrected chi connectivity index (χ4v) is 3.81. The zero-order valence-electron chi connectivity index (χ0n) is 15.1. The number of nitrogens with zero attached hydrogens (tertiary/aromatic N) is 2. The number of rotatable bonds is 5. The molecular formula is C19H28N2O4. The fourth-order valence-electron chi connectivity index (χ4n) is 3.81. The molecule has 2 fully saturated rings. The molecule has 2 heterocycles. The molecule has 3 rings (SSSR count). The first-order valence-corrected chi connectivity index (χ1v) is 8.99. The number of hydrogen-bond donors (Lipinski definition) is 1. The van der Waals surface area contributed by atoms with Gasteiger partial charge in [-0.2, -0.15) is 0 Å². The molecule has 0 spiro atoms. The van der Waals surface area contributed by atoms with Gasteiger partial charge in [0.05, 0.1) is 32.9 Å². The van der Waals surface area contributed by atoms with Crippen LogP contribution in [0, 0.1) is 0 Å². The summed E-state index contributed by atoms with van der Waals surface area (Å²) in [5.41, 5.74) is -0.270. The van der Waals surface area contributed by atoms with Gasteiger partial charge in [0.15, 0.2) is 0 Å².